The topological polar surface area (TPSA) is 49.8 Å². The van der Waals surface area contributed by atoms with Gasteiger partial charge >= 0.3 is 0 Å². The van der Waals surface area contributed by atoms with Crippen LogP contribution < -0.4 is 0 Å². The van der Waals surface area contributed by atoms with Crippen LogP contribution >= 0.6 is 0 Å². The van der Waals surface area contributed by atoms with Gasteiger partial charge in [-0.05, 0) is 68.1 Å². The molecule has 3 saturated carbocycles. The molecule has 1 N–H and O–H groups in total. The third kappa shape index (κ3) is 1.81. The highest BCUT2D eigenvalue weighted by Gasteiger charge is 2.80. The molecule has 0 aromatic rings. The van der Waals surface area contributed by atoms with Crippen LogP contribution in [0.25, 0.3) is 0 Å². The Morgan fingerprint density at radius 3 is 2.88 bits per heavy atom. The van der Waals surface area contributed by atoms with Gasteiger partial charge in [-0.25, -0.2) is 4.39 Å². The lowest BCUT2D eigenvalue weighted by molar-refractivity contribution is -0.138. The standard InChI is InChI=1S/C21H29FO3/c1-19-7-5-13(23)9-12(19)3-4-14-15(19)6-8-20(2)16(14)10-18-21(20,25-18)17(24)11-22/h3,13-16,18,23H,4-11H2,1-2H3/t13-,14+,15-,16-,18+,19-,20-,21+/m0/s1. The van der Waals surface area contributed by atoms with Gasteiger partial charge in [-0.1, -0.05) is 25.5 Å². The largest absolute Gasteiger partial charge is 0.393 e. The SMILES string of the molecule is C[C@]12CC[C@H](O)CC1=CC[C@@H]1[C@@H]2CC[C@@]2(C)[C@H]1C[C@H]1O[C@]12C(=O)CF. The zero-order chi connectivity index (χ0) is 17.6. The molecule has 0 aromatic heterocycles. The lowest BCUT2D eigenvalue weighted by atomic mass is 9.47. The van der Waals surface area contributed by atoms with Crippen molar-refractivity contribution in [3.05, 3.63) is 11.6 Å². The summed E-state index contributed by atoms with van der Waals surface area (Å²) in [4.78, 5) is 12.4. The molecule has 4 fully saturated rings. The summed E-state index contributed by atoms with van der Waals surface area (Å²) in [5, 5.41) is 10.1. The van der Waals surface area contributed by atoms with Gasteiger partial charge in [0, 0.05) is 5.41 Å². The number of epoxide rings is 1. The Labute approximate surface area is 149 Å². The van der Waals surface area contributed by atoms with Gasteiger partial charge in [-0.15, -0.1) is 0 Å². The number of carbonyl (C=O) groups is 1. The van der Waals surface area contributed by atoms with E-state index in [1.807, 2.05) is 0 Å². The molecule has 0 amide bonds. The number of aliphatic hydroxyl groups is 1. The summed E-state index contributed by atoms with van der Waals surface area (Å²) in [7, 11) is 0. The molecule has 4 aliphatic carbocycles. The van der Waals surface area contributed by atoms with Crippen molar-refractivity contribution in [3.8, 4) is 0 Å². The van der Waals surface area contributed by atoms with E-state index < -0.39 is 12.3 Å². The van der Waals surface area contributed by atoms with Crippen molar-refractivity contribution in [1.29, 1.82) is 0 Å². The Bertz CT molecular complexity index is 660. The maximum Gasteiger partial charge on any atom is 0.198 e. The molecule has 0 radical (unpaired) electrons. The van der Waals surface area contributed by atoms with Gasteiger partial charge in [0.05, 0.1) is 12.2 Å². The molecule has 1 heterocycles. The molecule has 5 rings (SSSR count). The Kier molecular flexibility index (Phi) is 3.25. The average molecular weight is 348 g/mol. The molecule has 0 spiro atoms. The normalized spacial score (nSPS) is 56.2. The number of carbonyl (C=O) groups excluding carboxylic acids is 1. The van der Waals surface area contributed by atoms with Gasteiger partial charge in [-0.2, -0.15) is 0 Å². The van der Waals surface area contributed by atoms with Crippen LogP contribution in [0.15, 0.2) is 11.6 Å². The van der Waals surface area contributed by atoms with Crippen LogP contribution in [0.5, 0.6) is 0 Å². The minimum atomic E-state index is -0.896. The van der Waals surface area contributed by atoms with Gasteiger partial charge < -0.3 is 9.84 Å². The molecule has 5 aliphatic rings. The summed E-state index contributed by atoms with van der Waals surface area (Å²) >= 11 is 0. The van der Waals surface area contributed by atoms with Crippen molar-refractivity contribution in [3.63, 3.8) is 0 Å². The van der Waals surface area contributed by atoms with Gasteiger partial charge in [0.2, 0.25) is 0 Å². The molecule has 3 nitrogen and oxygen atoms in total. The number of rotatable bonds is 2. The third-order valence-corrected chi connectivity index (χ3v) is 9.04. The summed E-state index contributed by atoms with van der Waals surface area (Å²) in [5.74, 6) is 1.35. The first-order chi connectivity index (χ1) is 11.9. The van der Waals surface area contributed by atoms with Crippen LogP contribution in [0.1, 0.15) is 58.8 Å². The predicted molar refractivity (Wildman–Crippen MR) is 91.7 cm³/mol. The predicted octanol–water partition coefficient (Wildman–Crippen LogP) is 3.60. The fraction of sp³-hybridized carbons (Fsp3) is 0.857. The van der Waals surface area contributed by atoms with Crippen LogP contribution in [0.4, 0.5) is 4.39 Å². The van der Waals surface area contributed by atoms with E-state index in [4.69, 9.17) is 4.74 Å². The first-order valence-electron chi connectivity index (χ1n) is 10.0. The first-order valence-corrected chi connectivity index (χ1v) is 10.0. The fourth-order valence-corrected chi connectivity index (χ4v) is 7.66. The van der Waals surface area contributed by atoms with Gasteiger partial charge in [0.1, 0.15) is 0 Å². The molecule has 0 aromatic carbocycles. The number of allylic oxidation sites excluding steroid dienone is 1. The van der Waals surface area contributed by atoms with Gasteiger partial charge in [0.15, 0.2) is 18.1 Å². The monoisotopic (exact) mass is 348 g/mol. The van der Waals surface area contributed by atoms with E-state index in [-0.39, 0.29) is 28.8 Å². The molecular weight excluding hydrogens is 319 g/mol. The summed E-state index contributed by atoms with van der Waals surface area (Å²) in [5.41, 5.74) is 0.655. The minimum absolute atomic E-state index is 0.0455. The molecule has 25 heavy (non-hydrogen) atoms. The van der Waals surface area contributed by atoms with Crippen molar-refractivity contribution in [2.24, 2.45) is 28.6 Å². The number of hydrogen-bond acceptors (Lipinski definition) is 3. The Morgan fingerprint density at radius 1 is 1.32 bits per heavy atom. The van der Waals surface area contributed by atoms with E-state index in [1.54, 1.807) is 0 Å². The Morgan fingerprint density at radius 2 is 2.12 bits per heavy atom. The van der Waals surface area contributed by atoms with E-state index in [1.165, 1.54) is 5.57 Å². The molecule has 0 unspecified atom stereocenters. The van der Waals surface area contributed by atoms with Crippen LogP contribution in [0.3, 0.4) is 0 Å². The fourth-order valence-electron chi connectivity index (χ4n) is 7.66. The maximum atomic E-state index is 13.2. The molecule has 8 atom stereocenters. The van der Waals surface area contributed by atoms with E-state index >= 15 is 0 Å². The van der Waals surface area contributed by atoms with E-state index in [0.29, 0.717) is 17.8 Å². The summed E-state index contributed by atoms with van der Waals surface area (Å²) in [6, 6.07) is 0. The Hall–Kier alpha value is -0.740. The zero-order valence-electron chi connectivity index (χ0n) is 15.3. The average Bonchev–Trinajstić information content (AvgIpc) is 3.27. The van der Waals surface area contributed by atoms with Crippen molar-refractivity contribution in [2.45, 2.75) is 76.6 Å². The number of ketones is 1. The number of ether oxygens (including phenoxy) is 1. The molecule has 0 bridgehead atoms. The number of alkyl halides is 1. The number of aliphatic hydroxyl groups excluding tert-OH is 1. The lowest BCUT2D eigenvalue weighted by Crippen LogP contribution is -2.54. The molecule has 138 valence electrons. The summed E-state index contributed by atoms with van der Waals surface area (Å²) < 4.78 is 19.1. The van der Waals surface area contributed by atoms with Crippen LogP contribution in [0.2, 0.25) is 0 Å². The van der Waals surface area contributed by atoms with E-state index in [9.17, 15) is 14.3 Å². The third-order valence-electron chi connectivity index (χ3n) is 9.04. The molecule has 1 aliphatic heterocycles. The van der Waals surface area contributed by atoms with Crippen molar-refractivity contribution in [2.75, 3.05) is 6.67 Å². The van der Waals surface area contributed by atoms with Crippen LogP contribution in [0, 0.1) is 28.6 Å². The summed E-state index contributed by atoms with van der Waals surface area (Å²) in [6.45, 7) is 3.70. The second kappa shape index (κ2) is 4.95. The Balaban J connectivity index is 1.49. The smallest absolute Gasteiger partial charge is 0.198 e. The van der Waals surface area contributed by atoms with E-state index in [0.717, 1.165) is 44.9 Å². The van der Waals surface area contributed by atoms with Gasteiger partial charge in [-0.3, -0.25) is 4.79 Å². The highest BCUT2D eigenvalue weighted by atomic mass is 19.1. The van der Waals surface area contributed by atoms with Crippen molar-refractivity contribution >= 4 is 5.78 Å². The second-order valence-electron chi connectivity index (χ2n) is 9.75. The molecule has 4 heteroatoms. The number of halogens is 1. The van der Waals surface area contributed by atoms with Crippen LogP contribution in [-0.2, 0) is 9.53 Å². The van der Waals surface area contributed by atoms with Crippen LogP contribution in [-0.4, -0.2) is 35.4 Å². The van der Waals surface area contributed by atoms with Gasteiger partial charge in [0.25, 0.3) is 0 Å². The van der Waals surface area contributed by atoms with E-state index in [2.05, 4.69) is 19.9 Å². The quantitative estimate of drug-likeness (QED) is 0.613. The van der Waals surface area contributed by atoms with Crippen molar-refractivity contribution in [1.82, 2.24) is 0 Å². The molecular formula is C21H29FO3. The first kappa shape index (κ1) is 16.4. The number of fused-ring (bicyclic) bond motifs is 7. The molecule has 1 saturated heterocycles. The zero-order valence-corrected chi connectivity index (χ0v) is 15.3. The summed E-state index contributed by atoms with van der Waals surface area (Å²) in [6.07, 6.45) is 9.00. The number of hydrogen-bond donors (Lipinski definition) is 1. The second-order valence-corrected chi connectivity index (χ2v) is 9.75. The van der Waals surface area contributed by atoms with Crippen molar-refractivity contribution < 1.29 is 19.0 Å². The minimum Gasteiger partial charge on any atom is -0.393 e. The number of Topliss-reactive ketones (excluding diaryl/α,β-unsaturated/α-hetero) is 1. The lowest BCUT2D eigenvalue weighted by Gasteiger charge is -2.58. The highest BCUT2D eigenvalue weighted by Crippen LogP contribution is 2.73. The highest BCUT2D eigenvalue weighted by molar-refractivity contribution is 5.93. The maximum absolute atomic E-state index is 13.2.